The van der Waals surface area contributed by atoms with Crippen LogP contribution >= 0.6 is 0 Å². The average molecular weight is 278 g/mol. The Morgan fingerprint density at radius 1 is 1.25 bits per heavy atom. The van der Waals surface area contributed by atoms with Gasteiger partial charge in [-0.15, -0.1) is 0 Å². The minimum atomic E-state index is 0.0495. The van der Waals surface area contributed by atoms with Gasteiger partial charge >= 0.3 is 0 Å². The molecule has 0 saturated heterocycles. The molecular formula is C16H26N2O2. The van der Waals surface area contributed by atoms with Crippen molar-refractivity contribution in [1.82, 2.24) is 10.6 Å². The van der Waals surface area contributed by atoms with Crippen molar-refractivity contribution in [2.24, 2.45) is 0 Å². The lowest BCUT2D eigenvalue weighted by atomic mass is 9.98. The van der Waals surface area contributed by atoms with E-state index in [0.29, 0.717) is 25.6 Å². The molecule has 0 heterocycles. The fourth-order valence-corrected chi connectivity index (χ4v) is 1.98. The SMILES string of the molecule is COCCCNC(=O)CNCCC(C)c1ccccc1. The zero-order valence-corrected chi connectivity index (χ0v) is 12.5. The molecular weight excluding hydrogens is 252 g/mol. The average Bonchev–Trinajstić information content (AvgIpc) is 2.49. The molecule has 1 unspecified atom stereocenters. The topological polar surface area (TPSA) is 50.4 Å². The van der Waals surface area contributed by atoms with Gasteiger partial charge < -0.3 is 15.4 Å². The maximum Gasteiger partial charge on any atom is 0.233 e. The molecule has 2 N–H and O–H groups in total. The minimum absolute atomic E-state index is 0.0495. The highest BCUT2D eigenvalue weighted by Crippen LogP contribution is 2.17. The van der Waals surface area contributed by atoms with Gasteiger partial charge in [-0.1, -0.05) is 37.3 Å². The van der Waals surface area contributed by atoms with E-state index in [1.54, 1.807) is 7.11 Å². The molecule has 0 radical (unpaired) electrons. The van der Waals surface area contributed by atoms with Gasteiger partial charge in [-0.2, -0.15) is 0 Å². The summed E-state index contributed by atoms with van der Waals surface area (Å²) in [5, 5.41) is 6.04. The molecule has 0 fully saturated rings. The van der Waals surface area contributed by atoms with Gasteiger partial charge in [0, 0.05) is 20.3 Å². The predicted octanol–water partition coefficient (Wildman–Crippen LogP) is 1.92. The number of carbonyl (C=O) groups excluding carboxylic acids is 1. The van der Waals surface area contributed by atoms with Crippen LogP contribution in [0.15, 0.2) is 30.3 Å². The molecule has 0 aliphatic carbocycles. The van der Waals surface area contributed by atoms with E-state index < -0.39 is 0 Å². The smallest absolute Gasteiger partial charge is 0.233 e. The van der Waals surface area contributed by atoms with Gasteiger partial charge in [0.15, 0.2) is 0 Å². The maximum atomic E-state index is 11.5. The molecule has 0 aliphatic heterocycles. The van der Waals surface area contributed by atoms with Crippen molar-refractivity contribution >= 4 is 5.91 Å². The van der Waals surface area contributed by atoms with Crippen molar-refractivity contribution < 1.29 is 9.53 Å². The van der Waals surface area contributed by atoms with Gasteiger partial charge in [-0.05, 0) is 30.9 Å². The van der Waals surface area contributed by atoms with Crippen LogP contribution in [0.3, 0.4) is 0 Å². The highest BCUT2D eigenvalue weighted by Gasteiger charge is 2.05. The first kappa shape index (κ1) is 16.7. The van der Waals surface area contributed by atoms with Crippen LogP contribution in [0.5, 0.6) is 0 Å². The molecule has 0 aromatic heterocycles. The lowest BCUT2D eigenvalue weighted by molar-refractivity contribution is -0.120. The third kappa shape index (κ3) is 7.26. The molecule has 112 valence electrons. The van der Waals surface area contributed by atoms with E-state index in [4.69, 9.17) is 4.74 Å². The Hall–Kier alpha value is -1.39. The second-order valence-corrected chi connectivity index (χ2v) is 4.97. The first-order valence-corrected chi connectivity index (χ1v) is 7.25. The lowest BCUT2D eigenvalue weighted by Gasteiger charge is -2.12. The van der Waals surface area contributed by atoms with Crippen molar-refractivity contribution in [2.45, 2.75) is 25.7 Å². The number of hydrogen-bond acceptors (Lipinski definition) is 3. The van der Waals surface area contributed by atoms with Crippen LogP contribution in [-0.2, 0) is 9.53 Å². The number of benzene rings is 1. The third-order valence-corrected chi connectivity index (χ3v) is 3.26. The number of nitrogens with one attached hydrogen (secondary N) is 2. The molecule has 1 atom stereocenters. The molecule has 0 bridgehead atoms. The number of amides is 1. The van der Waals surface area contributed by atoms with Gasteiger partial charge in [0.05, 0.1) is 6.54 Å². The van der Waals surface area contributed by atoms with Crippen LogP contribution in [0.4, 0.5) is 0 Å². The molecule has 4 heteroatoms. The van der Waals surface area contributed by atoms with E-state index in [2.05, 4.69) is 41.8 Å². The minimum Gasteiger partial charge on any atom is -0.385 e. The van der Waals surface area contributed by atoms with E-state index in [0.717, 1.165) is 19.4 Å². The monoisotopic (exact) mass is 278 g/mol. The summed E-state index contributed by atoms with van der Waals surface area (Å²) in [5.74, 6) is 0.557. The second kappa shape index (κ2) is 10.4. The molecule has 1 amide bonds. The Morgan fingerprint density at radius 2 is 2.00 bits per heavy atom. The summed E-state index contributed by atoms with van der Waals surface area (Å²) >= 11 is 0. The normalized spacial score (nSPS) is 12.1. The zero-order chi connectivity index (χ0) is 14.6. The van der Waals surface area contributed by atoms with E-state index in [-0.39, 0.29) is 5.91 Å². The maximum absolute atomic E-state index is 11.5. The molecule has 4 nitrogen and oxygen atoms in total. The van der Waals surface area contributed by atoms with E-state index in [1.807, 2.05) is 6.07 Å². The molecule has 1 rings (SSSR count). The van der Waals surface area contributed by atoms with E-state index in [1.165, 1.54) is 5.56 Å². The van der Waals surface area contributed by atoms with Crippen molar-refractivity contribution in [3.63, 3.8) is 0 Å². The molecule has 20 heavy (non-hydrogen) atoms. The van der Waals surface area contributed by atoms with Crippen LogP contribution in [0, 0.1) is 0 Å². The zero-order valence-electron chi connectivity index (χ0n) is 12.5. The summed E-state index contributed by atoms with van der Waals surface area (Å²) in [7, 11) is 1.66. The molecule has 0 spiro atoms. The summed E-state index contributed by atoms with van der Waals surface area (Å²) < 4.78 is 4.92. The van der Waals surface area contributed by atoms with Gasteiger partial charge in [0.2, 0.25) is 5.91 Å². The van der Waals surface area contributed by atoms with Crippen LogP contribution in [-0.4, -0.2) is 39.3 Å². The van der Waals surface area contributed by atoms with Crippen molar-refractivity contribution in [3.05, 3.63) is 35.9 Å². The fraction of sp³-hybridized carbons (Fsp3) is 0.562. The lowest BCUT2D eigenvalue weighted by Crippen LogP contribution is -2.35. The van der Waals surface area contributed by atoms with Crippen molar-refractivity contribution in [1.29, 1.82) is 0 Å². The van der Waals surface area contributed by atoms with Crippen LogP contribution in [0.2, 0.25) is 0 Å². The van der Waals surface area contributed by atoms with Gasteiger partial charge in [-0.3, -0.25) is 4.79 Å². The van der Waals surface area contributed by atoms with Crippen molar-refractivity contribution in [2.75, 3.05) is 33.4 Å². The Bertz CT molecular complexity index is 368. The quantitative estimate of drug-likeness (QED) is 0.643. The summed E-state index contributed by atoms with van der Waals surface area (Å²) in [6, 6.07) is 10.4. The van der Waals surface area contributed by atoms with Gasteiger partial charge in [0.25, 0.3) is 0 Å². The van der Waals surface area contributed by atoms with Gasteiger partial charge in [-0.25, -0.2) is 0 Å². The Labute approximate surface area is 121 Å². The Kier molecular flexibility index (Phi) is 8.67. The summed E-state index contributed by atoms with van der Waals surface area (Å²) in [4.78, 5) is 11.5. The van der Waals surface area contributed by atoms with Gasteiger partial charge in [0.1, 0.15) is 0 Å². The predicted molar refractivity (Wildman–Crippen MR) is 81.8 cm³/mol. The number of hydrogen-bond donors (Lipinski definition) is 2. The van der Waals surface area contributed by atoms with Crippen LogP contribution in [0.25, 0.3) is 0 Å². The first-order valence-electron chi connectivity index (χ1n) is 7.25. The Balaban J connectivity index is 2.05. The standard InChI is InChI=1S/C16H26N2O2/c1-14(15-7-4-3-5-8-15)9-11-17-13-16(19)18-10-6-12-20-2/h3-5,7-8,14,17H,6,9-13H2,1-2H3,(H,18,19). The molecule has 1 aromatic carbocycles. The Morgan fingerprint density at radius 3 is 2.70 bits per heavy atom. The molecule has 0 saturated carbocycles. The number of methoxy groups -OCH3 is 1. The highest BCUT2D eigenvalue weighted by molar-refractivity contribution is 5.77. The number of rotatable bonds is 10. The first-order chi connectivity index (χ1) is 9.74. The second-order valence-electron chi connectivity index (χ2n) is 4.97. The summed E-state index contributed by atoms with van der Waals surface area (Å²) in [5.41, 5.74) is 1.35. The third-order valence-electron chi connectivity index (χ3n) is 3.26. The molecule has 1 aromatic rings. The van der Waals surface area contributed by atoms with Crippen LogP contribution in [0.1, 0.15) is 31.2 Å². The fourth-order valence-electron chi connectivity index (χ4n) is 1.98. The number of ether oxygens (including phenoxy) is 1. The van der Waals surface area contributed by atoms with E-state index >= 15 is 0 Å². The summed E-state index contributed by atoms with van der Waals surface area (Å²) in [6.45, 7) is 4.80. The van der Waals surface area contributed by atoms with E-state index in [9.17, 15) is 4.79 Å². The number of carbonyl (C=O) groups is 1. The summed E-state index contributed by atoms with van der Waals surface area (Å²) in [6.07, 6.45) is 1.88. The van der Waals surface area contributed by atoms with Crippen molar-refractivity contribution in [3.8, 4) is 0 Å². The highest BCUT2D eigenvalue weighted by atomic mass is 16.5. The van der Waals surface area contributed by atoms with Crippen LogP contribution < -0.4 is 10.6 Å². The largest absolute Gasteiger partial charge is 0.385 e. The molecule has 0 aliphatic rings.